The van der Waals surface area contributed by atoms with Crippen molar-refractivity contribution in [1.82, 2.24) is 0 Å². The lowest BCUT2D eigenvalue weighted by atomic mass is 9.85. The Morgan fingerprint density at radius 2 is 1.83 bits per heavy atom. The van der Waals surface area contributed by atoms with Crippen LogP contribution in [0.4, 0.5) is 0 Å². The Morgan fingerprint density at radius 3 is 2.52 bits per heavy atom. The fraction of sp³-hybridized carbons (Fsp3) is 0.464. The highest BCUT2D eigenvalue weighted by Gasteiger charge is 2.25. The van der Waals surface area contributed by atoms with Gasteiger partial charge in [0.15, 0.2) is 5.78 Å². The van der Waals surface area contributed by atoms with Crippen molar-refractivity contribution in [1.29, 1.82) is 0 Å². The van der Waals surface area contributed by atoms with Crippen molar-refractivity contribution in [3.63, 3.8) is 0 Å². The Bertz CT molecular complexity index is 912. The average Bonchev–Trinajstić information content (AvgIpc) is 3.12. The lowest BCUT2D eigenvalue weighted by Crippen LogP contribution is -2.02. The topological polar surface area (TPSA) is 17.1 Å². The molecule has 2 aromatic carbocycles. The summed E-state index contributed by atoms with van der Waals surface area (Å²) in [6.07, 6.45) is 9.86. The average molecular weight is 389 g/mol. The number of ketones is 1. The number of fused-ring (bicyclic) bond motifs is 1. The highest BCUT2D eigenvalue weighted by Crippen LogP contribution is 2.39. The van der Waals surface area contributed by atoms with Gasteiger partial charge in [0.25, 0.3) is 0 Å². The maximum atomic E-state index is 12.4. The van der Waals surface area contributed by atoms with Crippen LogP contribution in [0.3, 0.4) is 0 Å². The van der Waals surface area contributed by atoms with Gasteiger partial charge >= 0.3 is 0 Å². The summed E-state index contributed by atoms with van der Waals surface area (Å²) in [6, 6.07) is 11.1. The minimum Gasteiger partial charge on any atom is -0.294 e. The minimum atomic E-state index is 0.309. The standard InChI is InChI=1S/C28H36O/c1-6-19(4)23-13-12-20(5)26(18-23)28-22(11-9-10-21(7-2)8-3)14-15-24-25(28)16-17-27(24)29/h6,12-15,18,21H,7-11,16-17H2,1-5H3/b19-6+. The van der Waals surface area contributed by atoms with Crippen LogP contribution in [-0.4, -0.2) is 5.78 Å². The van der Waals surface area contributed by atoms with E-state index < -0.39 is 0 Å². The van der Waals surface area contributed by atoms with Crippen LogP contribution in [0.15, 0.2) is 36.4 Å². The Labute approximate surface area is 177 Å². The van der Waals surface area contributed by atoms with Crippen molar-refractivity contribution < 1.29 is 4.79 Å². The molecular formula is C28H36O. The summed E-state index contributed by atoms with van der Waals surface area (Å²) in [5.74, 6) is 1.14. The van der Waals surface area contributed by atoms with Gasteiger partial charge in [-0.25, -0.2) is 0 Å². The summed E-state index contributed by atoms with van der Waals surface area (Å²) >= 11 is 0. The van der Waals surface area contributed by atoms with Crippen LogP contribution in [0.25, 0.3) is 16.7 Å². The van der Waals surface area contributed by atoms with Gasteiger partial charge in [-0.2, -0.15) is 0 Å². The molecule has 154 valence electrons. The first-order chi connectivity index (χ1) is 14.0. The first kappa shape index (κ1) is 21.6. The number of carbonyl (C=O) groups excluding carboxylic acids is 1. The van der Waals surface area contributed by atoms with E-state index in [2.05, 4.69) is 71.0 Å². The summed E-state index contributed by atoms with van der Waals surface area (Å²) in [5.41, 5.74) is 10.2. The van der Waals surface area contributed by atoms with Crippen LogP contribution in [0.1, 0.15) is 92.4 Å². The summed E-state index contributed by atoms with van der Waals surface area (Å²) in [7, 11) is 0. The van der Waals surface area contributed by atoms with Gasteiger partial charge < -0.3 is 0 Å². The van der Waals surface area contributed by atoms with Crippen LogP contribution in [0.2, 0.25) is 0 Å². The van der Waals surface area contributed by atoms with Gasteiger partial charge in [-0.3, -0.25) is 4.79 Å². The van der Waals surface area contributed by atoms with Crippen molar-refractivity contribution in [2.75, 3.05) is 0 Å². The second-order valence-electron chi connectivity index (χ2n) is 8.63. The SMILES string of the molecule is C/C=C(\C)c1ccc(C)c(-c2c(CCCC(CC)CC)ccc3c2CCC3=O)c1. The summed E-state index contributed by atoms with van der Waals surface area (Å²) in [6.45, 7) is 11.1. The smallest absolute Gasteiger partial charge is 0.163 e. The molecule has 0 aliphatic heterocycles. The van der Waals surface area contributed by atoms with E-state index in [0.29, 0.717) is 12.2 Å². The molecule has 0 spiro atoms. The molecule has 0 atom stereocenters. The highest BCUT2D eigenvalue weighted by atomic mass is 16.1. The van der Waals surface area contributed by atoms with Gasteiger partial charge in [-0.15, -0.1) is 0 Å². The molecule has 1 heteroatoms. The van der Waals surface area contributed by atoms with Crippen molar-refractivity contribution >= 4 is 11.4 Å². The largest absolute Gasteiger partial charge is 0.294 e. The van der Waals surface area contributed by atoms with Gasteiger partial charge in [-0.1, -0.05) is 63.5 Å². The van der Waals surface area contributed by atoms with Crippen LogP contribution in [0, 0.1) is 12.8 Å². The molecule has 0 aromatic heterocycles. The molecule has 0 bridgehead atoms. The molecule has 0 unspecified atom stereocenters. The molecule has 0 heterocycles. The first-order valence-corrected chi connectivity index (χ1v) is 11.4. The molecule has 1 aliphatic rings. The molecule has 2 aromatic rings. The zero-order chi connectivity index (χ0) is 21.0. The van der Waals surface area contributed by atoms with Crippen LogP contribution in [-0.2, 0) is 12.8 Å². The Morgan fingerprint density at radius 1 is 1.07 bits per heavy atom. The summed E-state index contributed by atoms with van der Waals surface area (Å²) in [4.78, 5) is 12.4. The monoisotopic (exact) mass is 388 g/mol. The van der Waals surface area contributed by atoms with Crippen molar-refractivity contribution in [3.8, 4) is 11.1 Å². The normalized spacial score (nSPS) is 14.0. The second kappa shape index (κ2) is 9.57. The third-order valence-corrected chi connectivity index (χ3v) is 6.91. The number of allylic oxidation sites excluding steroid dienone is 2. The third kappa shape index (κ3) is 4.55. The molecule has 3 rings (SSSR count). The zero-order valence-electron chi connectivity index (χ0n) is 18.9. The van der Waals surface area contributed by atoms with E-state index in [1.54, 1.807) is 0 Å². The molecule has 0 saturated heterocycles. The fourth-order valence-corrected chi connectivity index (χ4v) is 4.72. The molecule has 0 amide bonds. The molecule has 29 heavy (non-hydrogen) atoms. The number of benzene rings is 2. The van der Waals surface area contributed by atoms with Gasteiger partial charge in [0, 0.05) is 12.0 Å². The molecule has 0 saturated carbocycles. The van der Waals surface area contributed by atoms with Crippen LogP contribution < -0.4 is 0 Å². The fourth-order valence-electron chi connectivity index (χ4n) is 4.72. The van der Waals surface area contributed by atoms with E-state index in [1.165, 1.54) is 64.6 Å². The van der Waals surface area contributed by atoms with E-state index in [-0.39, 0.29) is 0 Å². The van der Waals surface area contributed by atoms with Crippen molar-refractivity contribution in [2.24, 2.45) is 5.92 Å². The number of hydrogen-bond acceptors (Lipinski definition) is 1. The Balaban J connectivity index is 2.06. The van der Waals surface area contributed by atoms with Gasteiger partial charge in [0.05, 0.1) is 0 Å². The molecule has 0 N–H and O–H groups in total. The van der Waals surface area contributed by atoms with Crippen LogP contribution >= 0.6 is 0 Å². The molecular weight excluding hydrogens is 352 g/mol. The molecule has 1 nitrogen and oxygen atoms in total. The van der Waals surface area contributed by atoms with Gasteiger partial charge in [-0.05, 0) is 91.0 Å². The lowest BCUT2D eigenvalue weighted by Gasteiger charge is -2.19. The van der Waals surface area contributed by atoms with Crippen molar-refractivity contribution in [3.05, 3.63) is 64.2 Å². The van der Waals surface area contributed by atoms with Gasteiger partial charge in [0.1, 0.15) is 0 Å². The quantitative estimate of drug-likeness (QED) is 0.448. The Kier molecular flexibility index (Phi) is 7.11. The third-order valence-electron chi connectivity index (χ3n) is 6.91. The summed E-state index contributed by atoms with van der Waals surface area (Å²) in [5, 5.41) is 0. The predicted molar refractivity (Wildman–Crippen MR) is 126 cm³/mol. The van der Waals surface area contributed by atoms with E-state index in [9.17, 15) is 4.79 Å². The number of aryl methyl sites for hydroxylation is 2. The van der Waals surface area contributed by atoms with Crippen molar-refractivity contribution in [2.45, 2.75) is 79.6 Å². The molecule has 0 fully saturated rings. The maximum absolute atomic E-state index is 12.4. The Hall–Kier alpha value is -2.15. The molecule has 1 aliphatic carbocycles. The maximum Gasteiger partial charge on any atom is 0.163 e. The predicted octanol–water partition coefficient (Wildman–Crippen LogP) is 7.97. The number of Topliss-reactive ketones (excluding diaryl/α,β-unsaturated/α-hetero) is 1. The van der Waals surface area contributed by atoms with Crippen LogP contribution in [0.5, 0.6) is 0 Å². The second-order valence-corrected chi connectivity index (χ2v) is 8.63. The lowest BCUT2D eigenvalue weighted by molar-refractivity contribution is 0.0994. The molecule has 0 radical (unpaired) electrons. The van der Waals surface area contributed by atoms with E-state index in [1.807, 2.05) is 0 Å². The van der Waals surface area contributed by atoms with Gasteiger partial charge in [0.2, 0.25) is 0 Å². The number of carbonyl (C=O) groups is 1. The number of rotatable bonds is 8. The minimum absolute atomic E-state index is 0.309. The highest BCUT2D eigenvalue weighted by molar-refractivity contribution is 6.03. The zero-order valence-corrected chi connectivity index (χ0v) is 18.9. The van der Waals surface area contributed by atoms with E-state index in [0.717, 1.165) is 24.3 Å². The first-order valence-electron chi connectivity index (χ1n) is 11.4. The van der Waals surface area contributed by atoms with E-state index in [4.69, 9.17) is 0 Å². The van der Waals surface area contributed by atoms with E-state index >= 15 is 0 Å². The number of hydrogen-bond donors (Lipinski definition) is 0. The summed E-state index contributed by atoms with van der Waals surface area (Å²) < 4.78 is 0.